The highest BCUT2D eigenvalue weighted by Crippen LogP contribution is 2.64. The zero-order valence-corrected chi connectivity index (χ0v) is 32.2. The van der Waals surface area contributed by atoms with Gasteiger partial charge >= 0.3 is 0 Å². The maximum absolute atomic E-state index is 4.88. The molecule has 0 heterocycles. The summed E-state index contributed by atoms with van der Waals surface area (Å²) in [5.41, 5.74) is 16.0. The van der Waals surface area contributed by atoms with Crippen molar-refractivity contribution in [2.75, 3.05) is 4.90 Å². The molecule has 9 rings (SSSR count). The van der Waals surface area contributed by atoms with Gasteiger partial charge in [0.1, 0.15) is 0 Å². The summed E-state index contributed by atoms with van der Waals surface area (Å²) >= 11 is 0. The summed E-state index contributed by atoms with van der Waals surface area (Å²) in [5.74, 6) is 0. The van der Waals surface area contributed by atoms with E-state index < -0.39 is 5.41 Å². The fraction of sp³-hybridized carbons (Fsp3) is 0.132. The lowest BCUT2D eigenvalue weighted by Crippen LogP contribution is -2.44. The van der Waals surface area contributed by atoms with Crippen LogP contribution in [0.15, 0.2) is 207 Å². The molecule has 0 radical (unpaired) electrons. The van der Waals surface area contributed by atoms with Crippen LogP contribution >= 0.6 is 0 Å². The summed E-state index contributed by atoms with van der Waals surface area (Å²) in [6.45, 7) is 23.2. The fourth-order valence-corrected chi connectivity index (χ4v) is 8.83. The van der Waals surface area contributed by atoms with Crippen LogP contribution in [0.3, 0.4) is 0 Å². The maximum atomic E-state index is 4.88. The van der Waals surface area contributed by atoms with E-state index in [9.17, 15) is 0 Å². The molecule has 0 fully saturated rings. The van der Waals surface area contributed by atoms with Gasteiger partial charge in [0.25, 0.3) is 0 Å². The number of hydrogen-bond acceptors (Lipinski definition) is 1. The highest BCUT2D eigenvalue weighted by atomic mass is 15.1. The van der Waals surface area contributed by atoms with Crippen LogP contribution in [0.1, 0.15) is 72.2 Å². The Labute approximate surface area is 323 Å². The number of nitrogens with zero attached hydrogens (tertiary/aromatic N) is 1. The Morgan fingerprint density at radius 3 is 1.56 bits per heavy atom. The highest BCUT2D eigenvalue weighted by molar-refractivity contribution is 5.86. The first-order valence-electron chi connectivity index (χ1n) is 19.0. The van der Waals surface area contributed by atoms with Gasteiger partial charge in [-0.15, -0.1) is 6.58 Å². The van der Waals surface area contributed by atoms with Crippen molar-refractivity contribution in [1.82, 2.24) is 0 Å². The van der Waals surface area contributed by atoms with Crippen LogP contribution in [0.4, 0.5) is 17.1 Å². The van der Waals surface area contributed by atoms with Gasteiger partial charge in [0.2, 0.25) is 0 Å². The second-order valence-electron chi connectivity index (χ2n) is 13.5. The first-order valence-corrected chi connectivity index (χ1v) is 19.0. The van der Waals surface area contributed by atoms with E-state index in [0.717, 1.165) is 23.5 Å². The van der Waals surface area contributed by atoms with E-state index in [1.807, 2.05) is 20.8 Å². The van der Waals surface area contributed by atoms with Crippen LogP contribution in [-0.4, -0.2) is 0 Å². The molecule has 6 aromatic carbocycles. The molecular formula is C53H51N. The van der Waals surface area contributed by atoms with Gasteiger partial charge in [-0.3, -0.25) is 0 Å². The Balaban J connectivity index is 0.000000506. The van der Waals surface area contributed by atoms with E-state index in [0.29, 0.717) is 0 Å². The summed E-state index contributed by atoms with van der Waals surface area (Å²) < 4.78 is 0. The predicted octanol–water partition coefficient (Wildman–Crippen LogP) is 14.2. The van der Waals surface area contributed by atoms with Gasteiger partial charge in [-0.2, -0.15) is 0 Å². The van der Waals surface area contributed by atoms with Crippen LogP contribution in [0.25, 0.3) is 6.08 Å². The van der Waals surface area contributed by atoms with Gasteiger partial charge in [0, 0.05) is 17.1 Å². The molecule has 0 amide bonds. The van der Waals surface area contributed by atoms with E-state index in [4.69, 9.17) is 6.58 Å². The molecule has 2 spiro atoms. The average Bonchev–Trinajstić information content (AvgIpc) is 3.69. The molecule has 2 atom stereocenters. The second kappa shape index (κ2) is 16.2. The van der Waals surface area contributed by atoms with Crippen molar-refractivity contribution >= 4 is 23.1 Å². The number of fused-ring (bicyclic) bond motifs is 10. The average molecular weight is 702 g/mol. The third kappa shape index (κ3) is 5.91. The Bertz CT molecular complexity index is 2280. The number of allylic oxidation sites excluding steroid dienone is 5. The Morgan fingerprint density at radius 2 is 0.981 bits per heavy atom. The molecule has 268 valence electrons. The van der Waals surface area contributed by atoms with Gasteiger partial charge < -0.3 is 4.90 Å². The van der Waals surface area contributed by atoms with Gasteiger partial charge in [-0.25, -0.2) is 0 Å². The lowest BCUT2D eigenvalue weighted by atomic mass is 9.52. The predicted molar refractivity (Wildman–Crippen MR) is 234 cm³/mol. The molecule has 2 unspecified atom stereocenters. The minimum atomic E-state index is -0.458. The van der Waals surface area contributed by atoms with Gasteiger partial charge in [-0.05, 0) is 101 Å². The number of rotatable bonds is 4. The molecule has 1 heteroatoms. The Kier molecular flexibility index (Phi) is 11.3. The molecule has 0 aromatic heterocycles. The Hall–Kier alpha value is -6.18. The van der Waals surface area contributed by atoms with Crippen molar-refractivity contribution in [2.45, 2.75) is 44.9 Å². The van der Waals surface area contributed by atoms with Crippen molar-refractivity contribution in [3.63, 3.8) is 0 Å². The maximum Gasteiger partial charge on any atom is 0.0674 e. The van der Waals surface area contributed by atoms with E-state index in [1.54, 1.807) is 18.2 Å². The lowest BCUT2D eigenvalue weighted by Gasteiger charge is -2.49. The molecule has 0 saturated heterocycles. The van der Waals surface area contributed by atoms with Crippen molar-refractivity contribution in [1.29, 1.82) is 0 Å². The molecule has 0 aliphatic heterocycles. The number of anilines is 3. The van der Waals surface area contributed by atoms with E-state index in [2.05, 4.69) is 189 Å². The largest absolute Gasteiger partial charge is 0.310 e. The molecule has 0 N–H and O–H groups in total. The minimum absolute atomic E-state index is 0.381. The lowest BCUT2D eigenvalue weighted by molar-refractivity contribution is 0.617. The van der Waals surface area contributed by atoms with Crippen molar-refractivity contribution in [3.05, 3.63) is 252 Å². The smallest absolute Gasteiger partial charge is 0.0674 e. The SMILES string of the molecule is C=C1Cc2ccccc2C12c1ccccc1C1(C(C)=Cc3ccccc31)c1ccc(N(c3ccccc3)c3ccccc3)cc12.C=CC.C=CC=C.CC. The zero-order chi connectivity index (χ0) is 38.3. The summed E-state index contributed by atoms with van der Waals surface area (Å²) in [6.07, 6.45) is 8.30. The third-order valence-electron chi connectivity index (χ3n) is 10.7. The quantitative estimate of drug-likeness (QED) is 0.131. The van der Waals surface area contributed by atoms with E-state index in [-0.39, 0.29) is 5.41 Å². The third-order valence-corrected chi connectivity index (χ3v) is 10.7. The summed E-state index contributed by atoms with van der Waals surface area (Å²) in [6, 6.07) is 55.8. The number of para-hydroxylation sites is 2. The topological polar surface area (TPSA) is 3.24 Å². The fourth-order valence-electron chi connectivity index (χ4n) is 8.83. The van der Waals surface area contributed by atoms with Crippen LogP contribution in [-0.2, 0) is 17.3 Å². The number of benzene rings is 6. The molecule has 3 aliphatic carbocycles. The molecule has 54 heavy (non-hydrogen) atoms. The van der Waals surface area contributed by atoms with Crippen LogP contribution < -0.4 is 4.90 Å². The van der Waals surface area contributed by atoms with Crippen molar-refractivity contribution < 1.29 is 0 Å². The monoisotopic (exact) mass is 701 g/mol. The number of hydrogen-bond donors (Lipinski definition) is 0. The van der Waals surface area contributed by atoms with Crippen LogP contribution in [0, 0.1) is 0 Å². The van der Waals surface area contributed by atoms with E-state index >= 15 is 0 Å². The molecule has 0 saturated carbocycles. The molecule has 1 nitrogen and oxygen atoms in total. The minimum Gasteiger partial charge on any atom is -0.310 e. The standard InChI is InChI=1S/C44H33N.C4H6.C3H6.C2H6/c1-30-27-32-15-9-11-21-37(32)43(30)39-23-13-14-24-40(39)44(31(2)28-33-16-10-12-22-38(33)44)42-29-36(25-26-41(42)43)45(34-17-5-3-6-18-34)35-19-7-4-8-20-35;1-3-4-2;1-3-2;1-2/h3-27,29H,2,28H2,1H3;3-4H,1-2H2;3H,1H2,2H3;1-2H3. The molecule has 6 aromatic rings. The highest BCUT2D eigenvalue weighted by Gasteiger charge is 2.57. The molecule has 3 aliphatic rings. The van der Waals surface area contributed by atoms with Gasteiger partial charge in [0.15, 0.2) is 0 Å². The normalized spacial score (nSPS) is 17.7. The van der Waals surface area contributed by atoms with Crippen LogP contribution in [0.5, 0.6) is 0 Å². The molecule has 0 bridgehead atoms. The van der Waals surface area contributed by atoms with Crippen LogP contribution in [0.2, 0.25) is 0 Å². The van der Waals surface area contributed by atoms with Gasteiger partial charge in [-0.1, -0.05) is 184 Å². The Morgan fingerprint density at radius 1 is 0.519 bits per heavy atom. The molecular weight excluding hydrogens is 651 g/mol. The van der Waals surface area contributed by atoms with Gasteiger partial charge in [0.05, 0.1) is 10.8 Å². The summed E-state index contributed by atoms with van der Waals surface area (Å²) in [5, 5.41) is 0. The van der Waals surface area contributed by atoms with Crippen molar-refractivity contribution in [2.24, 2.45) is 0 Å². The summed E-state index contributed by atoms with van der Waals surface area (Å²) in [4.78, 5) is 2.38. The first-order chi connectivity index (χ1) is 26.5. The first kappa shape index (κ1) is 37.6. The summed E-state index contributed by atoms with van der Waals surface area (Å²) in [7, 11) is 0. The van der Waals surface area contributed by atoms with Crippen molar-refractivity contribution in [3.8, 4) is 0 Å². The second-order valence-corrected chi connectivity index (χ2v) is 13.5. The zero-order valence-electron chi connectivity index (χ0n) is 32.2. The van der Waals surface area contributed by atoms with E-state index in [1.165, 1.54) is 55.7 Å².